The van der Waals surface area contributed by atoms with Crippen molar-refractivity contribution in [2.45, 2.75) is 46.2 Å². The Kier molecular flexibility index (Phi) is 4.19. The van der Waals surface area contributed by atoms with Crippen LogP contribution in [0, 0.1) is 0 Å². The summed E-state index contributed by atoms with van der Waals surface area (Å²) in [4.78, 5) is 12.1. The van der Waals surface area contributed by atoms with E-state index >= 15 is 0 Å². The fourth-order valence-electron chi connectivity index (χ4n) is 1.39. The van der Waals surface area contributed by atoms with E-state index in [1.807, 2.05) is 37.6 Å². The van der Waals surface area contributed by atoms with Crippen LogP contribution in [-0.4, -0.2) is 16.0 Å². The molecule has 0 radical (unpaired) electrons. The van der Waals surface area contributed by atoms with E-state index < -0.39 is 0 Å². The van der Waals surface area contributed by atoms with Crippen molar-refractivity contribution in [1.82, 2.24) is 9.88 Å². The molecule has 16 heavy (non-hydrogen) atoms. The molecule has 4 heteroatoms. The number of aromatic nitrogens is 1. The first-order chi connectivity index (χ1) is 7.39. The molecule has 0 aromatic carbocycles. The van der Waals surface area contributed by atoms with E-state index in [1.165, 1.54) is 0 Å². The van der Waals surface area contributed by atoms with Crippen molar-refractivity contribution in [2.24, 2.45) is 0 Å². The van der Waals surface area contributed by atoms with Gasteiger partial charge in [-0.2, -0.15) is 0 Å². The van der Waals surface area contributed by atoms with E-state index in [-0.39, 0.29) is 11.4 Å². The van der Waals surface area contributed by atoms with Crippen LogP contribution in [0.15, 0.2) is 16.7 Å². The Bertz CT molecular complexity index is 382. The molecular formula is C12H19BrN2O. The van der Waals surface area contributed by atoms with Crippen LogP contribution in [0.25, 0.3) is 0 Å². The van der Waals surface area contributed by atoms with E-state index in [0.29, 0.717) is 5.69 Å². The van der Waals surface area contributed by atoms with E-state index in [9.17, 15) is 4.79 Å². The van der Waals surface area contributed by atoms with Gasteiger partial charge in [0.05, 0.1) is 0 Å². The molecule has 0 aliphatic carbocycles. The number of hydrogen-bond acceptors (Lipinski definition) is 1. The van der Waals surface area contributed by atoms with Gasteiger partial charge in [-0.25, -0.2) is 0 Å². The summed E-state index contributed by atoms with van der Waals surface area (Å²) in [6.45, 7) is 8.93. The molecule has 90 valence electrons. The molecule has 0 aliphatic rings. The smallest absolute Gasteiger partial charge is 0.268 e. The number of carbonyl (C=O) groups excluding carboxylic acids is 1. The van der Waals surface area contributed by atoms with Crippen LogP contribution in [0.2, 0.25) is 0 Å². The third kappa shape index (κ3) is 3.11. The summed E-state index contributed by atoms with van der Waals surface area (Å²) in [6.07, 6.45) is 2.83. The Balaban J connectivity index is 2.88. The third-order valence-corrected chi connectivity index (χ3v) is 3.21. The molecule has 0 saturated carbocycles. The molecule has 0 spiro atoms. The standard InChI is InChI=1S/C12H19BrN2O/c1-5-12(3,4)14-11(16)10-7-9(13)8-15(10)6-2/h7-8H,5-6H2,1-4H3,(H,14,16). The highest BCUT2D eigenvalue weighted by molar-refractivity contribution is 9.10. The minimum absolute atomic E-state index is 0.0144. The molecule has 1 heterocycles. The molecule has 0 unspecified atom stereocenters. The van der Waals surface area contributed by atoms with Crippen LogP contribution < -0.4 is 5.32 Å². The lowest BCUT2D eigenvalue weighted by Gasteiger charge is -2.24. The van der Waals surface area contributed by atoms with Gasteiger partial charge >= 0.3 is 0 Å². The van der Waals surface area contributed by atoms with Crippen LogP contribution in [0.3, 0.4) is 0 Å². The molecular weight excluding hydrogens is 268 g/mol. The maximum absolute atomic E-state index is 12.1. The minimum atomic E-state index is -0.160. The van der Waals surface area contributed by atoms with Crippen LogP contribution in [0.5, 0.6) is 0 Å². The number of nitrogens with zero attached hydrogens (tertiary/aromatic N) is 1. The summed E-state index contributed by atoms with van der Waals surface area (Å²) < 4.78 is 2.87. The normalized spacial score (nSPS) is 11.6. The van der Waals surface area contributed by atoms with Gasteiger partial charge in [-0.05, 0) is 49.2 Å². The summed E-state index contributed by atoms with van der Waals surface area (Å²) in [5.74, 6) is -0.0144. The molecule has 3 nitrogen and oxygen atoms in total. The molecule has 0 aliphatic heterocycles. The maximum atomic E-state index is 12.1. The summed E-state index contributed by atoms with van der Waals surface area (Å²) in [5.41, 5.74) is 0.544. The van der Waals surface area contributed by atoms with Crippen molar-refractivity contribution in [1.29, 1.82) is 0 Å². The Labute approximate surface area is 105 Å². The first-order valence-electron chi connectivity index (χ1n) is 5.57. The summed E-state index contributed by atoms with van der Waals surface area (Å²) in [6, 6.07) is 1.85. The number of nitrogens with one attached hydrogen (secondary N) is 1. The van der Waals surface area contributed by atoms with Crippen molar-refractivity contribution in [3.8, 4) is 0 Å². The molecule has 1 aromatic heterocycles. The van der Waals surface area contributed by atoms with Gasteiger partial charge in [0.25, 0.3) is 5.91 Å². The maximum Gasteiger partial charge on any atom is 0.268 e. The first kappa shape index (κ1) is 13.3. The number of carbonyl (C=O) groups is 1. The van der Waals surface area contributed by atoms with Crippen LogP contribution in [-0.2, 0) is 6.54 Å². The highest BCUT2D eigenvalue weighted by Gasteiger charge is 2.20. The highest BCUT2D eigenvalue weighted by Crippen LogP contribution is 2.16. The van der Waals surface area contributed by atoms with Crippen LogP contribution >= 0.6 is 15.9 Å². The van der Waals surface area contributed by atoms with Gasteiger partial charge in [0, 0.05) is 22.8 Å². The van der Waals surface area contributed by atoms with E-state index in [2.05, 4.69) is 28.2 Å². The lowest BCUT2D eigenvalue weighted by molar-refractivity contribution is 0.0902. The SMILES string of the molecule is CCn1cc(Br)cc1C(=O)NC(C)(C)CC. The second-order valence-electron chi connectivity index (χ2n) is 4.52. The van der Waals surface area contributed by atoms with Crippen molar-refractivity contribution < 1.29 is 4.79 Å². The lowest BCUT2D eigenvalue weighted by Crippen LogP contribution is -2.43. The van der Waals surface area contributed by atoms with Crippen LogP contribution in [0.1, 0.15) is 44.6 Å². The number of amides is 1. The average Bonchev–Trinajstić information content (AvgIpc) is 2.59. The minimum Gasteiger partial charge on any atom is -0.346 e. The van der Waals surface area contributed by atoms with Crippen molar-refractivity contribution in [3.05, 3.63) is 22.4 Å². The predicted octanol–water partition coefficient (Wildman–Crippen LogP) is 3.19. The second-order valence-corrected chi connectivity index (χ2v) is 5.44. The van der Waals surface area contributed by atoms with Gasteiger partial charge in [-0.1, -0.05) is 6.92 Å². The topological polar surface area (TPSA) is 34.0 Å². The Hall–Kier alpha value is -0.770. The zero-order chi connectivity index (χ0) is 12.3. The highest BCUT2D eigenvalue weighted by atomic mass is 79.9. The molecule has 1 aromatic rings. The molecule has 0 saturated heterocycles. The fourth-order valence-corrected chi connectivity index (χ4v) is 1.85. The lowest BCUT2D eigenvalue weighted by atomic mass is 10.0. The monoisotopic (exact) mass is 286 g/mol. The number of hydrogen-bond donors (Lipinski definition) is 1. The van der Waals surface area contributed by atoms with Gasteiger partial charge in [0.2, 0.25) is 0 Å². The molecule has 0 atom stereocenters. The largest absolute Gasteiger partial charge is 0.346 e. The van der Waals surface area contributed by atoms with Crippen LogP contribution in [0.4, 0.5) is 0 Å². The van der Waals surface area contributed by atoms with Gasteiger partial charge in [0.1, 0.15) is 5.69 Å². The molecule has 0 bridgehead atoms. The van der Waals surface area contributed by atoms with Gasteiger partial charge in [-0.3, -0.25) is 4.79 Å². The second kappa shape index (κ2) is 5.04. The Morgan fingerprint density at radius 1 is 1.50 bits per heavy atom. The number of halogens is 1. The summed E-state index contributed by atoms with van der Waals surface area (Å²) in [5, 5.41) is 3.03. The molecule has 1 rings (SSSR count). The quantitative estimate of drug-likeness (QED) is 0.906. The molecule has 0 fully saturated rings. The van der Waals surface area contributed by atoms with Gasteiger partial charge < -0.3 is 9.88 Å². The van der Waals surface area contributed by atoms with Crippen molar-refractivity contribution >= 4 is 21.8 Å². The zero-order valence-corrected chi connectivity index (χ0v) is 11.9. The van der Waals surface area contributed by atoms with Crippen molar-refractivity contribution in [3.63, 3.8) is 0 Å². The van der Waals surface area contributed by atoms with Crippen molar-refractivity contribution in [2.75, 3.05) is 0 Å². The Morgan fingerprint density at radius 3 is 2.62 bits per heavy atom. The van der Waals surface area contributed by atoms with E-state index in [4.69, 9.17) is 0 Å². The first-order valence-corrected chi connectivity index (χ1v) is 6.37. The van der Waals surface area contributed by atoms with E-state index in [0.717, 1.165) is 17.4 Å². The summed E-state index contributed by atoms with van der Waals surface area (Å²) >= 11 is 3.39. The average molecular weight is 287 g/mol. The van der Waals surface area contributed by atoms with Gasteiger partial charge in [-0.15, -0.1) is 0 Å². The number of rotatable bonds is 4. The predicted molar refractivity (Wildman–Crippen MR) is 69.6 cm³/mol. The Morgan fingerprint density at radius 2 is 2.12 bits per heavy atom. The van der Waals surface area contributed by atoms with E-state index in [1.54, 1.807) is 0 Å². The summed E-state index contributed by atoms with van der Waals surface area (Å²) in [7, 11) is 0. The van der Waals surface area contributed by atoms with Gasteiger partial charge in [0.15, 0.2) is 0 Å². The third-order valence-electron chi connectivity index (χ3n) is 2.77. The zero-order valence-electron chi connectivity index (χ0n) is 10.3. The fraction of sp³-hybridized carbons (Fsp3) is 0.583. The molecule has 1 amide bonds. The number of aryl methyl sites for hydroxylation is 1. The molecule has 1 N–H and O–H groups in total.